The van der Waals surface area contributed by atoms with Gasteiger partial charge in [0, 0.05) is 38.6 Å². The van der Waals surface area contributed by atoms with Gasteiger partial charge in [-0.1, -0.05) is 147 Å². The van der Waals surface area contributed by atoms with Crippen LogP contribution in [0.4, 0.5) is 17.1 Å². The molecule has 10 rings (SSSR count). The maximum atomic E-state index is 2.45. The van der Waals surface area contributed by atoms with E-state index in [9.17, 15) is 0 Å². The highest BCUT2D eigenvalue weighted by molar-refractivity contribution is 6.12. The van der Waals surface area contributed by atoms with Gasteiger partial charge in [-0.05, 0) is 87.3 Å². The normalized spacial score (nSPS) is 13.1. The van der Waals surface area contributed by atoms with Gasteiger partial charge >= 0.3 is 0 Å². The highest BCUT2D eigenvalue weighted by Crippen LogP contribution is 2.53. The van der Waals surface area contributed by atoms with E-state index < -0.39 is 0 Å². The third-order valence-electron chi connectivity index (χ3n) is 11.0. The highest BCUT2D eigenvalue weighted by atomic mass is 15.1. The minimum Gasteiger partial charge on any atom is -0.310 e. The van der Waals surface area contributed by atoms with Crippen molar-refractivity contribution in [3.05, 3.63) is 193 Å². The van der Waals surface area contributed by atoms with E-state index in [1.807, 2.05) is 0 Å². The number of aromatic nitrogens is 1. The summed E-state index contributed by atoms with van der Waals surface area (Å²) in [5.74, 6) is 0. The molecule has 0 N–H and O–H groups in total. The number of hydrogen-bond acceptors (Lipinski definition) is 1. The third-order valence-corrected chi connectivity index (χ3v) is 11.0. The van der Waals surface area contributed by atoms with Crippen molar-refractivity contribution in [2.24, 2.45) is 0 Å². The number of nitrogens with zero attached hydrogens (tertiary/aromatic N) is 2. The Hall–Kier alpha value is -6.38. The zero-order valence-electron chi connectivity index (χ0n) is 28.7. The summed E-state index contributed by atoms with van der Waals surface area (Å²) < 4.78 is 2.40. The van der Waals surface area contributed by atoms with E-state index in [0.717, 1.165) is 22.7 Å². The lowest BCUT2D eigenvalue weighted by molar-refractivity contribution is 0.661. The third kappa shape index (κ3) is 4.50. The summed E-state index contributed by atoms with van der Waals surface area (Å²) >= 11 is 0. The fourth-order valence-electron chi connectivity index (χ4n) is 8.55. The number of hydrogen-bond donors (Lipinski definition) is 0. The molecule has 0 unspecified atom stereocenters. The van der Waals surface area contributed by atoms with E-state index in [2.05, 4.69) is 205 Å². The molecule has 8 aromatic carbocycles. The molecular formula is C49H36N2. The Morgan fingerprint density at radius 1 is 0.431 bits per heavy atom. The van der Waals surface area contributed by atoms with E-state index in [1.165, 1.54) is 66.0 Å². The molecule has 0 radical (unpaired) electrons. The molecule has 0 saturated heterocycles. The lowest BCUT2D eigenvalue weighted by Crippen LogP contribution is -2.15. The van der Waals surface area contributed by atoms with E-state index >= 15 is 0 Å². The molecule has 1 aromatic heterocycles. The molecule has 0 fully saturated rings. The molecule has 1 aliphatic rings. The summed E-state index contributed by atoms with van der Waals surface area (Å²) in [7, 11) is 0. The van der Waals surface area contributed by atoms with Crippen LogP contribution in [0, 0.1) is 0 Å². The van der Waals surface area contributed by atoms with Crippen molar-refractivity contribution in [3.8, 4) is 27.9 Å². The topological polar surface area (TPSA) is 8.17 Å². The lowest BCUT2D eigenvalue weighted by atomic mass is 9.82. The minimum atomic E-state index is -0.0566. The van der Waals surface area contributed by atoms with Crippen LogP contribution in [-0.2, 0) is 5.41 Å². The zero-order valence-corrected chi connectivity index (χ0v) is 28.7. The fourth-order valence-corrected chi connectivity index (χ4v) is 8.55. The Bertz CT molecular complexity index is 2750. The van der Waals surface area contributed by atoms with Crippen molar-refractivity contribution >= 4 is 49.6 Å². The van der Waals surface area contributed by atoms with Crippen LogP contribution in [0.3, 0.4) is 0 Å². The van der Waals surface area contributed by atoms with E-state index in [-0.39, 0.29) is 5.41 Å². The van der Waals surface area contributed by atoms with Gasteiger partial charge in [0.15, 0.2) is 0 Å². The van der Waals surface area contributed by atoms with Gasteiger partial charge in [-0.2, -0.15) is 0 Å². The lowest BCUT2D eigenvalue weighted by Gasteiger charge is -2.28. The quantitative estimate of drug-likeness (QED) is 0.180. The number of fused-ring (bicyclic) bond motifs is 8. The largest absolute Gasteiger partial charge is 0.310 e. The zero-order chi connectivity index (χ0) is 34.1. The Labute approximate surface area is 298 Å². The molecule has 0 saturated carbocycles. The second-order valence-electron chi connectivity index (χ2n) is 14.2. The van der Waals surface area contributed by atoms with Crippen molar-refractivity contribution in [1.29, 1.82) is 0 Å². The van der Waals surface area contributed by atoms with Gasteiger partial charge in [-0.25, -0.2) is 0 Å². The van der Waals surface area contributed by atoms with Crippen molar-refractivity contribution in [2.45, 2.75) is 19.3 Å². The first kappa shape index (κ1) is 29.5. The standard InChI is InChI=1S/C49H36N2/c1-49(2)43-21-11-9-19-42(43)48-41-20-13-23-45(40(41)30-31-44(48)49)50(36-26-24-34(25-27-36)33-14-5-3-6-15-33)37-28-29-39-38-18-10-12-22-46(38)51(47(39)32-37)35-16-7-4-8-17-35/h3-32H,1-2H3. The summed E-state index contributed by atoms with van der Waals surface area (Å²) in [5.41, 5.74) is 14.8. The van der Waals surface area contributed by atoms with E-state index in [0.29, 0.717) is 0 Å². The first-order valence-corrected chi connectivity index (χ1v) is 17.8. The van der Waals surface area contributed by atoms with Crippen LogP contribution in [-0.4, -0.2) is 4.57 Å². The molecule has 0 spiro atoms. The highest BCUT2D eigenvalue weighted by Gasteiger charge is 2.36. The second kappa shape index (κ2) is 11.3. The molecule has 1 heterocycles. The molecule has 2 nitrogen and oxygen atoms in total. The number of rotatable bonds is 5. The van der Waals surface area contributed by atoms with Crippen LogP contribution in [0.2, 0.25) is 0 Å². The van der Waals surface area contributed by atoms with Gasteiger partial charge < -0.3 is 9.47 Å². The average Bonchev–Trinajstić information content (AvgIpc) is 3.64. The molecule has 0 atom stereocenters. The van der Waals surface area contributed by atoms with Gasteiger partial charge in [-0.15, -0.1) is 0 Å². The number of para-hydroxylation sites is 2. The maximum absolute atomic E-state index is 2.45. The van der Waals surface area contributed by atoms with Gasteiger partial charge in [0.2, 0.25) is 0 Å². The fraction of sp³-hybridized carbons (Fsp3) is 0.0612. The second-order valence-corrected chi connectivity index (χ2v) is 14.2. The summed E-state index contributed by atoms with van der Waals surface area (Å²) in [5, 5.41) is 5.02. The average molecular weight is 653 g/mol. The van der Waals surface area contributed by atoms with Crippen LogP contribution in [0.1, 0.15) is 25.0 Å². The Balaban J connectivity index is 1.23. The first-order chi connectivity index (χ1) is 25.1. The monoisotopic (exact) mass is 652 g/mol. The van der Waals surface area contributed by atoms with Crippen molar-refractivity contribution < 1.29 is 0 Å². The summed E-state index contributed by atoms with van der Waals surface area (Å²) in [6, 6.07) is 66.6. The Morgan fingerprint density at radius 3 is 1.88 bits per heavy atom. The van der Waals surface area contributed by atoms with E-state index in [1.54, 1.807) is 0 Å². The smallest absolute Gasteiger partial charge is 0.0561 e. The molecule has 242 valence electrons. The van der Waals surface area contributed by atoms with E-state index in [4.69, 9.17) is 0 Å². The SMILES string of the molecule is CC1(C)c2ccccc2-c2c1ccc1c(N(c3ccc(-c4ccccc4)cc3)c3ccc4c5ccccc5n(-c5ccccc5)c4c3)cccc21. The summed E-state index contributed by atoms with van der Waals surface area (Å²) in [4.78, 5) is 2.45. The molecule has 9 aromatic rings. The van der Waals surface area contributed by atoms with Gasteiger partial charge in [0.1, 0.15) is 0 Å². The minimum absolute atomic E-state index is 0.0566. The Morgan fingerprint density at radius 2 is 1.06 bits per heavy atom. The van der Waals surface area contributed by atoms with Crippen LogP contribution < -0.4 is 4.90 Å². The van der Waals surface area contributed by atoms with Crippen molar-refractivity contribution in [1.82, 2.24) is 4.57 Å². The van der Waals surface area contributed by atoms with Gasteiger partial charge in [-0.3, -0.25) is 0 Å². The number of anilines is 3. The molecule has 1 aliphatic carbocycles. The van der Waals surface area contributed by atoms with Crippen molar-refractivity contribution in [2.75, 3.05) is 4.90 Å². The maximum Gasteiger partial charge on any atom is 0.0561 e. The van der Waals surface area contributed by atoms with Crippen LogP contribution in [0.25, 0.3) is 60.5 Å². The van der Waals surface area contributed by atoms with Gasteiger partial charge in [0.25, 0.3) is 0 Å². The summed E-state index contributed by atoms with van der Waals surface area (Å²) in [6.45, 7) is 4.71. The predicted molar refractivity (Wildman–Crippen MR) is 216 cm³/mol. The molecule has 51 heavy (non-hydrogen) atoms. The molecule has 0 bridgehead atoms. The van der Waals surface area contributed by atoms with Gasteiger partial charge in [0.05, 0.1) is 16.7 Å². The number of benzene rings is 8. The summed E-state index contributed by atoms with van der Waals surface area (Å²) in [6.07, 6.45) is 0. The first-order valence-electron chi connectivity index (χ1n) is 17.8. The van der Waals surface area contributed by atoms with Crippen LogP contribution in [0.15, 0.2) is 182 Å². The van der Waals surface area contributed by atoms with Crippen LogP contribution >= 0.6 is 0 Å². The predicted octanol–water partition coefficient (Wildman–Crippen LogP) is 13.4. The van der Waals surface area contributed by atoms with Crippen LogP contribution in [0.5, 0.6) is 0 Å². The Kier molecular flexibility index (Phi) is 6.56. The molecule has 0 amide bonds. The molecule has 0 aliphatic heterocycles. The molecular weight excluding hydrogens is 617 g/mol. The van der Waals surface area contributed by atoms with Crippen molar-refractivity contribution in [3.63, 3.8) is 0 Å². The molecule has 2 heteroatoms.